The molecule has 1 aromatic carbocycles. The van der Waals surface area contributed by atoms with E-state index in [4.69, 9.17) is 4.74 Å². The molecular weight excluding hydrogens is 333 g/mol. The minimum Gasteiger partial charge on any atom is -0.445 e. The van der Waals surface area contributed by atoms with Crippen molar-refractivity contribution in [3.8, 4) is 0 Å². The fourth-order valence-corrected chi connectivity index (χ4v) is 4.28. The van der Waals surface area contributed by atoms with Crippen LogP contribution in [0.5, 0.6) is 0 Å². The number of carbonyl (C=O) groups is 1. The Labute approximate surface area is 152 Å². The molecule has 5 nitrogen and oxygen atoms in total. The van der Waals surface area contributed by atoms with E-state index >= 15 is 0 Å². The summed E-state index contributed by atoms with van der Waals surface area (Å²) in [5.74, 6) is 0.514. The van der Waals surface area contributed by atoms with Crippen LogP contribution in [0.15, 0.2) is 48.7 Å². The smallest absolute Gasteiger partial charge is 0.407 e. The molecule has 1 aliphatic heterocycles. The number of nitrogens with one attached hydrogen (secondary N) is 2. The fourth-order valence-electron chi connectivity index (χ4n) is 4.28. The molecule has 0 unspecified atom stereocenters. The van der Waals surface area contributed by atoms with E-state index in [0.29, 0.717) is 18.4 Å². The minimum atomic E-state index is -0.438. The van der Waals surface area contributed by atoms with Crippen molar-refractivity contribution in [3.05, 3.63) is 65.7 Å². The molecule has 2 aromatic rings. The standard InChI is InChI=1S/C20H22FN3O2/c21-15-6-7-18(23-10-15)20(16-8-9-22-11-17(16)20)13-24-19(25)26-12-14-4-2-1-3-5-14/h1-7,10,16-17,22H,8-9,11-13H2,(H,24,25)/t16-,17+,20+/m1/s1. The van der Waals surface area contributed by atoms with E-state index < -0.39 is 6.09 Å². The van der Waals surface area contributed by atoms with Crippen LogP contribution in [0.4, 0.5) is 9.18 Å². The molecule has 2 aliphatic rings. The summed E-state index contributed by atoms with van der Waals surface area (Å²) in [6.07, 6.45) is 1.85. The van der Waals surface area contributed by atoms with E-state index in [-0.39, 0.29) is 17.8 Å². The van der Waals surface area contributed by atoms with Crippen molar-refractivity contribution in [1.29, 1.82) is 0 Å². The fraction of sp³-hybridized carbons (Fsp3) is 0.400. The third kappa shape index (κ3) is 3.17. The number of amides is 1. The number of carbonyl (C=O) groups excluding carboxylic acids is 1. The van der Waals surface area contributed by atoms with Crippen LogP contribution in [-0.2, 0) is 16.8 Å². The summed E-state index contributed by atoms with van der Waals surface area (Å²) < 4.78 is 18.6. The quantitative estimate of drug-likeness (QED) is 0.865. The summed E-state index contributed by atoms with van der Waals surface area (Å²) in [6.45, 7) is 2.55. The van der Waals surface area contributed by atoms with Crippen molar-refractivity contribution < 1.29 is 13.9 Å². The van der Waals surface area contributed by atoms with Crippen LogP contribution in [0, 0.1) is 17.7 Å². The lowest BCUT2D eigenvalue weighted by Gasteiger charge is -2.18. The van der Waals surface area contributed by atoms with Crippen molar-refractivity contribution in [2.75, 3.05) is 19.6 Å². The van der Waals surface area contributed by atoms with Gasteiger partial charge in [0.15, 0.2) is 0 Å². The number of alkyl carbamates (subject to hydrolysis) is 1. The predicted octanol–water partition coefficient (Wildman–Crippen LogP) is 2.62. The molecule has 3 atom stereocenters. The number of fused-ring (bicyclic) bond motifs is 1. The second-order valence-corrected chi connectivity index (χ2v) is 7.02. The zero-order valence-electron chi connectivity index (χ0n) is 14.5. The Morgan fingerprint density at radius 2 is 2.12 bits per heavy atom. The average molecular weight is 355 g/mol. The summed E-state index contributed by atoms with van der Waals surface area (Å²) in [4.78, 5) is 16.5. The van der Waals surface area contributed by atoms with Gasteiger partial charge in [-0.3, -0.25) is 4.98 Å². The van der Waals surface area contributed by atoms with Crippen molar-refractivity contribution in [2.24, 2.45) is 11.8 Å². The van der Waals surface area contributed by atoms with Crippen molar-refractivity contribution in [3.63, 3.8) is 0 Å². The van der Waals surface area contributed by atoms with E-state index in [1.165, 1.54) is 12.3 Å². The molecule has 0 radical (unpaired) electrons. The van der Waals surface area contributed by atoms with Crippen LogP contribution >= 0.6 is 0 Å². The molecule has 2 heterocycles. The molecular formula is C20H22FN3O2. The summed E-state index contributed by atoms with van der Waals surface area (Å²) >= 11 is 0. The molecule has 4 rings (SSSR count). The topological polar surface area (TPSA) is 63.2 Å². The SMILES string of the molecule is O=C(NC[C@]1(c2ccc(F)cn2)[C@@H]2CCNC[C@@H]21)OCc1ccccc1. The maximum Gasteiger partial charge on any atom is 0.407 e. The monoisotopic (exact) mass is 355 g/mol. The van der Waals surface area contributed by atoms with Gasteiger partial charge in [0.25, 0.3) is 0 Å². The maximum atomic E-state index is 13.3. The normalized spacial score (nSPS) is 26.7. The number of aromatic nitrogens is 1. The first-order valence-corrected chi connectivity index (χ1v) is 8.97. The second kappa shape index (κ2) is 7.03. The van der Waals surface area contributed by atoms with Gasteiger partial charge in [-0.1, -0.05) is 30.3 Å². The van der Waals surface area contributed by atoms with E-state index in [1.807, 2.05) is 30.3 Å². The highest BCUT2D eigenvalue weighted by Gasteiger charge is 2.66. The zero-order valence-corrected chi connectivity index (χ0v) is 14.5. The molecule has 2 fully saturated rings. The van der Waals surface area contributed by atoms with E-state index in [1.54, 1.807) is 6.07 Å². The van der Waals surface area contributed by atoms with E-state index in [2.05, 4.69) is 15.6 Å². The Bertz CT molecular complexity index is 754. The first kappa shape index (κ1) is 17.0. The number of rotatable bonds is 5. The molecule has 26 heavy (non-hydrogen) atoms. The van der Waals surface area contributed by atoms with E-state index in [9.17, 15) is 9.18 Å². The Hall–Kier alpha value is -2.47. The van der Waals surface area contributed by atoms with Gasteiger partial charge >= 0.3 is 6.09 Å². The molecule has 136 valence electrons. The van der Waals surface area contributed by atoms with Crippen molar-refractivity contribution >= 4 is 6.09 Å². The number of hydrogen-bond acceptors (Lipinski definition) is 4. The number of halogens is 1. The third-order valence-corrected chi connectivity index (χ3v) is 5.64. The molecule has 2 N–H and O–H groups in total. The number of nitrogens with zero attached hydrogens (tertiary/aromatic N) is 1. The van der Waals surface area contributed by atoms with Crippen LogP contribution < -0.4 is 10.6 Å². The van der Waals surface area contributed by atoms with Gasteiger partial charge in [0.1, 0.15) is 12.4 Å². The van der Waals surface area contributed by atoms with Gasteiger partial charge < -0.3 is 15.4 Å². The molecule has 1 aliphatic carbocycles. The largest absolute Gasteiger partial charge is 0.445 e. The number of hydrogen-bond donors (Lipinski definition) is 2. The Morgan fingerprint density at radius 3 is 2.81 bits per heavy atom. The molecule has 1 saturated heterocycles. The van der Waals surface area contributed by atoms with Crippen LogP contribution in [0.25, 0.3) is 0 Å². The molecule has 0 bridgehead atoms. The first-order chi connectivity index (χ1) is 12.7. The van der Waals surface area contributed by atoms with E-state index in [0.717, 1.165) is 30.8 Å². The lowest BCUT2D eigenvalue weighted by Crippen LogP contribution is -2.35. The maximum absolute atomic E-state index is 13.3. The number of pyridine rings is 1. The van der Waals surface area contributed by atoms with Crippen LogP contribution in [0.1, 0.15) is 17.7 Å². The van der Waals surface area contributed by atoms with Gasteiger partial charge in [0, 0.05) is 17.7 Å². The summed E-state index contributed by atoms with van der Waals surface area (Å²) in [6, 6.07) is 12.8. The summed E-state index contributed by atoms with van der Waals surface area (Å²) in [5.41, 5.74) is 1.56. The number of piperidine rings is 1. The van der Waals surface area contributed by atoms with Gasteiger partial charge in [-0.15, -0.1) is 0 Å². The highest BCUT2D eigenvalue weighted by atomic mass is 19.1. The van der Waals surface area contributed by atoms with Gasteiger partial charge in [0.2, 0.25) is 0 Å². The first-order valence-electron chi connectivity index (χ1n) is 8.97. The number of benzene rings is 1. The van der Waals surface area contributed by atoms with Crippen LogP contribution in [-0.4, -0.2) is 30.7 Å². The zero-order chi connectivity index (χ0) is 18.0. The summed E-state index contributed by atoms with van der Waals surface area (Å²) in [7, 11) is 0. The van der Waals surface area contributed by atoms with Gasteiger partial charge in [-0.05, 0) is 49.0 Å². The predicted molar refractivity (Wildman–Crippen MR) is 95.0 cm³/mol. The average Bonchev–Trinajstić information content (AvgIpc) is 3.35. The van der Waals surface area contributed by atoms with Gasteiger partial charge in [0.05, 0.1) is 6.20 Å². The minimum absolute atomic E-state index is 0.233. The molecule has 6 heteroatoms. The van der Waals surface area contributed by atoms with Crippen LogP contribution in [0.3, 0.4) is 0 Å². The van der Waals surface area contributed by atoms with Crippen molar-refractivity contribution in [1.82, 2.24) is 15.6 Å². The lowest BCUT2D eigenvalue weighted by molar-refractivity contribution is 0.138. The molecule has 1 aromatic heterocycles. The second-order valence-electron chi connectivity index (χ2n) is 7.02. The van der Waals surface area contributed by atoms with Gasteiger partial charge in [-0.2, -0.15) is 0 Å². The highest BCUT2D eigenvalue weighted by Crippen LogP contribution is 2.61. The number of ether oxygens (including phenoxy) is 1. The lowest BCUT2D eigenvalue weighted by atomic mass is 9.95. The molecule has 0 spiro atoms. The Morgan fingerprint density at radius 1 is 1.27 bits per heavy atom. The third-order valence-electron chi connectivity index (χ3n) is 5.64. The summed E-state index contributed by atoms with van der Waals surface area (Å²) in [5, 5.41) is 6.30. The Balaban J connectivity index is 1.41. The van der Waals surface area contributed by atoms with Crippen molar-refractivity contribution in [2.45, 2.75) is 18.4 Å². The van der Waals surface area contributed by atoms with Crippen LogP contribution in [0.2, 0.25) is 0 Å². The Kier molecular flexibility index (Phi) is 4.59. The van der Waals surface area contributed by atoms with Gasteiger partial charge in [-0.25, -0.2) is 9.18 Å². The molecule has 1 saturated carbocycles. The highest BCUT2D eigenvalue weighted by molar-refractivity contribution is 5.67. The molecule has 1 amide bonds.